The second kappa shape index (κ2) is 5.90. The zero-order chi connectivity index (χ0) is 11.1. The molecule has 0 fully saturated rings. The Kier molecular flexibility index (Phi) is 4.46. The van der Waals surface area contributed by atoms with Crippen LogP contribution in [-0.4, -0.2) is 29.1 Å². The van der Waals surface area contributed by atoms with E-state index in [1.165, 1.54) is 0 Å². The van der Waals surface area contributed by atoms with E-state index in [4.69, 9.17) is 4.74 Å². The van der Waals surface area contributed by atoms with Gasteiger partial charge in [0, 0.05) is 12.6 Å². The van der Waals surface area contributed by atoms with Crippen LogP contribution < -0.4 is 5.32 Å². The lowest BCUT2D eigenvalue weighted by molar-refractivity contribution is -0.142. The summed E-state index contributed by atoms with van der Waals surface area (Å²) in [6.07, 6.45) is 1.33. The molecule has 6 heteroatoms. The molecule has 0 saturated carbocycles. The number of carbonyl (C=O) groups excluding carboxylic acids is 1. The van der Waals surface area contributed by atoms with Gasteiger partial charge >= 0.3 is 5.97 Å². The summed E-state index contributed by atoms with van der Waals surface area (Å²) in [7, 11) is 0. The number of aromatic nitrogens is 2. The standard InChI is InChI=1S/C9H12FN3O2/c1-2-15-9(14)3-4-11-8-5-7(10)12-6-13-8/h5-6H,2-4H2,1H3,(H,11,12,13). The van der Waals surface area contributed by atoms with Gasteiger partial charge in [-0.3, -0.25) is 4.79 Å². The van der Waals surface area contributed by atoms with Gasteiger partial charge in [0.1, 0.15) is 12.1 Å². The van der Waals surface area contributed by atoms with Gasteiger partial charge in [0.25, 0.3) is 0 Å². The quantitative estimate of drug-likeness (QED) is 0.583. The first-order valence-corrected chi connectivity index (χ1v) is 4.59. The topological polar surface area (TPSA) is 64.1 Å². The predicted octanol–water partition coefficient (Wildman–Crippen LogP) is 0.981. The third-order valence-electron chi connectivity index (χ3n) is 1.57. The number of nitrogens with zero attached hydrogens (tertiary/aromatic N) is 2. The number of ether oxygens (including phenoxy) is 1. The zero-order valence-electron chi connectivity index (χ0n) is 8.36. The van der Waals surface area contributed by atoms with E-state index in [0.717, 1.165) is 12.4 Å². The fourth-order valence-electron chi connectivity index (χ4n) is 0.956. The summed E-state index contributed by atoms with van der Waals surface area (Å²) in [5.41, 5.74) is 0. The molecular formula is C9H12FN3O2. The average Bonchev–Trinajstić information content (AvgIpc) is 2.18. The number of esters is 1. The highest BCUT2D eigenvalue weighted by molar-refractivity contribution is 5.69. The van der Waals surface area contributed by atoms with Crippen molar-refractivity contribution in [1.82, 2.24) is 9.97 Å². The molecule has 1 rings (SSSR count). The highest BCUT2D eigenvalue weighted by Crippen LogP contribution is 2.01. The molecule has 5 nitrogen and oxygen atoms in total. The van der Waals surface area contributed by atoms with E-state index < -0.39 is 5.95 Å². The van der Waals surface area contributed by atoms with E-state index in [2.05, 4.69) is 15.3 Å². The van der Waals surface area contributed by atoms with Gasteiger partial charge in [-0.05, 0) is 6.92 Å². The lowest BCUT2D eigenvalue weighted by Crippen LogP contribution is -2.12. The molecule has 0 saturated heterocycles. The van der Waals surface area contributed by atoms with Crippen LogP contribution in [0.3, 0.4) is 0 Å². The zero-order valence-corrected chi connectivity index (χ0v) is 8.36. The number of carbonyl (C=O) groups is 1. The SMILES string of the molecule is CCOC(=O)CCNc1cc(F)ncn1. The highest BCUT2D eigenvalue weighted by Gasteiger charge is 2.01. The summed E-state index contributed by atoms with van der Waals surface area (Å²) >= 11 is 0. The Hall–Kier alpha value is -1.72. The number of rotatable bonds is 5. The molecule has 1 heterocycles. The van der Waals surface area contributed by atoms with Crippen molar-refractivity contribution in [2.24, 2.45) is 0 Å². The maximum Gasteiger partial charge on any atom is 0.307 e. The molecule has 0 bridgehead atoms. The van der Waals surface area contributed by atoms with Crippen LogP contribution in [-0.2, 0) is 9.53 Å². The summed E-state index contributed by atoms with van der Waals surface area (Å²) in [4.78, 5) is 18.0. The fourth-order valence-corrected chi connectivity index (χ4v) is 0.956. The lowest BCUT2D eigenvalue weighted by Gasteiger charge is -2.04. The van der Waals surface area contributed by atoms with Crippen molar-refractivity contribution in [2.75, 3.05) is 18.5 Å². The van der Waals surface area contributed by atoms with Gasteiger partial charge in [-0.25, -0.2) is 9.97 Å². The smallest absolute Gasteiger partial charge is 0.307 e. The molecule has 0 spiro atoms. The van der Waals surface area contributed by atoms with Gasteiger partial charge < -0.3 is 10.1 Å². The minimum Gasteiger partial charge on any atom is -0.466 e. The van der Waals surface area contributed by atoms with E-state index in [1.807, 2.05) is 0 Å². The molecule has 1 aromatic heterocycles. The van der Waals surface area contributed by atoms with Gasteiger partial charge in [-0.1, -0.05) is 0 Å². The minimum absolute atomic E-state index is 0.222. The van der Waals surface area contributed by atoms with E-state index in [1.54, 1.807) is 6.92 Å². The molecule has 0 aliphatic heterocycles. The van der Waals surface area contributed by atoms with Crippen LogP contribution in [0.15, 0.2) is 12.4 Å². The van der Waals surface area contributed by atoms with Crippen molar-refractivity contribution in [3.8, 4) is 0 Å². The van der Waals surface area contributed by atoms with Crippen LogP contribution in [0.4, 0.5) is 10.2 Å². The Labute approximate surface area is 86.7 Å². The predicted molar refractivity (Wildman–Crippen MR) is 51.7 cm³/mol. The first kappa shape index (κ1) is 11.4. The van der Waals surface area contributed by atoms with Crippen molar-refractivity contribution in [3.05, 3.63) is 18.3 Å². The molecular weight excluding hydrogens is 201 g/mol. The van der Waals surface area contributed by atoms with Gasteiger partial charge in [0.2, 0.25) is 5.95 Å². The van der Waals surface area contributed by atoms with Crippen molar-refractivity contribution in [3.63, 3.8) is 0 Å². The lowest BCUT2D eigenvalue weighted by atomic mass is 10.4. The Balaban J connectivity index is 2.28. The van der Waals surface area contributed by atoms with Crippen LogP contribution in [0.25, 0.3) is 0 Å². The largest absolute Gasteiger partial charge is 0.466 e. The van der Waals surface area contributed by atoms with Crippen molar-refractivity contribution < 1.29 is 13.9 Å². The minimum atomic E-state index is -0.608. The van der Waals surface area contributed by atoms with Crippen LogP contribution in [0, 0.1) is 5.95 Å². The second-order valence-corrected chi connectivity index (χ2v) is 2.71. The molecule has 0 aromatic carbocycles. The van der Waals surface area contributed by atoms with E-state index in [9.17, 15) is 9.18 Å². The monoisotopic (exact) mass is 213 g/mol. The number of hydrogen-bond donors (Lipinski definition) is 1. The Morgan fingerprint density at radius 3 is 3.07 bits per heavy atom. The van der Waals surface area contributed by atoms with E-state index in [0.29, 0.717) is 19.0 Å². The maximum atomic E-state index is 12.6. The summed E-state index contributed by atoms with van der Waals surface area (Å²) in [6.45, 7) is 2.46. The number of nitrogens with one attached hydrogen (secondary N) is 1. The molecule has 0 aliphatic carbocycles. The molecule has 0 unspecified atom stereocenters. The third-order valence-corrected chi connectivity index (χ3v) is 1.57. The van der Waals surface area contributed by atoms with Gasteiger partial charge in [0.15, 0.2) is 0 Å². The van der Waals surface area contributed by atoms with E-state index >= 15 is 0 Å². The number of hydrogen-bond acceptors (Lipinski definition) is 5. The summed E-state index contributed by atoms with van der Waals surface area (Å²) in [5, 5.41) is 2.78. The van der Waals surface area contributed by atoms with Gasteiger partial charge in [-0.2, -0.15) is 4.39 Å². The van der Waals surface area contributed by atoms with Crippen LogP contribution in [0.5, 0.6) is 0 Å². The fraction of sp³-hybridized carbons (Fsp3) is 0.444. The van der Waals surface area contributed by atoms with E-state index in [-0.39, 0.29) is 12.4 Å². The first-order chi connectivity index (χ1) is 7.22. The molecule has 0 radical (unpaired) electrons. The Bertz CT molecular complexity index is 333. The van der Waals surface area contributed by atoms with Gasteiger partial charge in [0.05, 0.1) is 13.0 Å². The number of halogens is 1. The van der Waals surface area contributed by atoms with Crippen LogP contribution in [0.1, 0.15) is 13.3 Å². The molecule has 1 N–H and O–H groups in total. The molecule has 0 amide bonds. The van der Waals surface area contributed by atoms with Crippen molar-refractivity contribution >= 4 is 11.8 Å². The molecule has 82 valence electrons. The molecule has 0 aliphatic rings. The van der Waals surface area contributed by atoms with Crippen LogP contribution in [0.2, 0.25) is 0 Å². The van der Waals surface area contributed by atoms with Crippen molar-refractivity contribution in [1.29, 1.82) is 0 Å². The molecule has 0 atom stereocenters. The molecule has 1 aromatic rings. The Morgan fingerprint density at radius 2 is 2.40 bits per heavy atom. The van der Waals surface area contributed by atoms with Crippen LogP contribution >= 0.6 is 0 Å². The summed E-state index contributed by atoms with van der Waals surface area (Å²) < 4.78 is 17.3. The summed E-state index contributed by atoms with van der Waals surface area (Å²) in [6, 6.07) is 1.16. The average molecular weight is 213 g/mol. The maximum absolute atomic E-state index is 12.6. The van der Waals surface area contributed by atoms with Gasteiger partial charge in [-0.15, -0.1) is 0 Å². The second-order valence-electron chi connectivity index (χ2n) is 2.71. The molecule has 15 heavy (non-hydrogen) atoms. The summed E-state index contributed by atoms with van der Waals surface area (Å²) in [5.74, 6) is -0.546. The normalized spacial score (nSPS) is 9.73. The Morgan fingerprint density at radius 1 is 1.60 bits per heavy atom. The highest BCUT2D eigenvalue weighted by atomic mass is 19.1. The first-order valence-electron chi connectivity index (χ1n) is 4.59. The van der Waals surface area contributed by atoms with Crippen molar-refractivity contribution in [2.45, 2.75) is 13.3 Å². The third kappa shape index (κ3) is 4.35. The number of anilines is 1.